The van der Waals surface area contributed by atoms with Crippen LogP contribution >= 0.6 is 11.3 Å². The second kappa shape index (κ2) is 4.57. The van der Waals surface area contributed by atoms with Gasteiger partial charge >= 0.3 is 0 Å². The molecule has 4 heteroatoms. The van der Waals surface area contributed by atoms with Gasteiger partial charge in [-0.1, -0.05) is 6.08 Å². The van der Waals surface area contributed by atoms with E-state index < -0.39 is 0 Å². The van der Waals surface area contributed by atoms with Crippen LogP contribution in [0.4, 0.5) is 0 Å². The van der Waals surface area contributed by atoms with Crippen LogP contribution in [0.2, 0.25) is 0 Å². The lowest BCUT2D eigenvalue weighted by atomic mass is 10.1. The Hall–Kier alpha value is -1.16. The second-order valence-corrected chi connectivity index (χ2v) is 4.69. The quantitative estimate of drug-likeness (QED) is 0.727. The van der Waals surface area contributed by atoms with Crippen molar-refractivity contribution < 1.29 is 4.79 Å². The van der Waals surface area contributed by atoms with E-state index in [2.05, 4.69) is 11.6 Å². The Kier molecular flexibility index (Phi) is 3.16. The molecule has 0 aliphatic carbocycles. The molecule has 1 fully saturated rings. The molecule has 2 rings (SSSR count). The number of thiazole rings is 1. The summed E-state index contributed by atoms with van der Waals surface area (Å²) in [4.78, 5) is 17.7. The Labute approximate surface area is 93.4 Å². The van der Waals surface area contributed by atoms with Gasteiger partial charge in [-0.2, -0.15) is 0 Å². The first-order valence-corrected chi connectivity index (χ1v) is 5.96. The minimum absolute atomic E-state index is 0.247. The third-order valence-corrected chi connectivity index (χ3v) is 3.50. The van der Waals surface area contributed by atoms with Crippen LogP contribution in [0.15, 0.2) is 24.2 Å². The van der Waals surface area contributed by atoms with Crippen LogP contribution in [-0.4, -0.2) is 28.9 Å². The lowest BCUT2D eigenvalue weighted by Crippen LogP contribution is -2.27. The number of hydrogen-bond donors (Lipinski definition) is 0. The molecule has 1 aliphatic rings. The van der Waals surface area contributed by atoms with E-state index in [1.165, 1.54) is 0 Å². The standard InChI is InChI=1S/C11H14N2OS/c1-2-9-7-11(14)13(8-9)5-3-10-12-4-6-15-10/h2,4,6,9H,1,3,5,7-8H2. The molecule has 80 valence electrons. The number of rotatable bonds is 4. The van der Waals surface area contributed by atoms with Crippen molar-refractivity contribution >= 4 is 17.2 Å². The smallest absolute Gasteiger partial charge is 0.223 e. The van der Waals surface area contributed by atoms with Gasteiger partial charge < -0.3 is 4.90 Å². The van der Waals surface area contributed by atoms with Crippen LogP contribution in [0.5, 0.6) is 0 Å². The van der Waals surface area contributed by atoms with Gasteiger partial charge in [-0.05, 0) is 0 Å². The normalized spacial score (nSPS) is 20.9. The Balaban J connectivity index is 1.85. The van der Waals surface area contributed by atoms with Crippen LogP contribution in [0.3, 0.4) is 0 Å². The summed E-state index contributed by atoms with van der Waals surface area (Å²) in [7, 11) is 0. The summed E-state index contributed by atoms with van der Waals surface area (Å²) in [6, 6.07) is 0. The number of hydrogen-bond acceptors (Lipinski definition) is 3. The van der Waals surface area contributed by atoms with E-state index in [1.807, 2.05) is 16.4 Å². The maximum atomic E-state index is 11.6. The summed E-state index contributed by atoms with van der Waals surface area (Å²) < 4.78 is 0. The molecule has 1 amide bonds. The van der Waals surface area contributed by atoms with Gasteiger partial charge in [-0.25, -0.2) is 4.98 Å². The van der Waals surface area contributed by atoms with Crippen molar-refractivity contribution in [1.29, 1.82) is 0 Å². The predicted molar refractivity (Wildman–Crippen MR) is 60.7 cm³/mol. The van der Waals surface area contributed by atoms with Gasteiger partial charge in [0.15, 0.2) is 0 Å². The Morgan fingerprint density at radius 3 is 3.20 bits per heavy atom. The maximum absolute atomic E-state index is 11.6. The van der Waals surface area contributed by atoms with E-state index in [4.69, 9.17) is 0 Å². The summed E-state index contributed by atoms with van der Waals surface area (Å²) >= 11 is 1.64. The Morgan fingerprint density at radius 2 is 2.60 bits per heavy atom. The molecule has 1 aromatic rings. The zero-order valence-electron chi connectivity index (χ0n) is 8.56. The highest BCUT2D eigenvalue weighted by atomic mass is 32.1. The van der Waals surface area contributed by atoms with Crippen LogP contribution in [-0.2, 0) is 11.2 Å². The van der Waals surface area contributed by atoms with Crippen LogP contribution in [0.25, 0.3) is 0 Å². The van der Waals surface area contributed by atoms with Crippen molar-refractivity contribution in [1.82, 2.24) is 9.88 Å². The molecule has 0 aromatic carbocycles. The number of carbonyl (C=O) groups is 1. The van der Waals surface area contributed by atoms with Crippen LogP contribution in [0, 0.1) is 5.92 Å². The number of amides is 1. The summed E-state index contributed by atoms with van der Waals surface area (Å²) in [5.41, 5.74) is 0. The highest BCUT2D eigenvalue weighted by molar-refractivity contribution is 7.09. The van der Waals surface area contributed by atoms with Crippen molar-refractivity contribution in [3.63, 3.8) is 0 Å². The zero-order chi connectivity index (χ0) is 10.7. The van der Waals surface area contributed by atoms with E-state index in [0.29, 0.717) is 12.3 Å². The zero-order valence-corrected chi connectivity index (χ0v) is 9.37. The van der Waals surface area contributed by atoms with Crippen molar-refractivity contribution in [3.05, 3.63) is 29.2 Å². The molecule has 0 radical (unpaired) electrons. The van der Waals surface area contributed by atoms with E-state index in [1.54, 1.807) is 17.5 Å². The van der Waals surface area contributed by atoms with Gasteiger partial charge in [0, 0.05) is 43.4 Å². The minimum Gasteiger partial charge on any atom is -0.342 e. The van der Waals surface area contributed by atoms with E-state index >= 15 is 0 Å². The monoisotopic (exact) mass is 222 g/mol. The first-order chi connectivity index (χ1) is 7.29. The molecular formula is C11H14N2OS. The van der Waals surface area contributed by atoms with Gasteiger partial charge in [-0.3, -0.25) is 4.79 Å². The van der Waals surface area contributed by atoms with E-state index in [-0.39, 0.29) is 5.91 Å². The topological polar surface area (TPSA) is 33.2 Å². The molecule has 1 saturated heterocycles. The highest BCUT2D eigenvalue weighted by Gasteiger charge is 2.26. The van der Waals surface area contributed by atoms with Crippen molar-refractivity contribution in [2.24, 2.45) is 5.92 Å². The lowest BCUT2D eigenvalue weighted by molar-refractivity contribution is -0.127. The van der Waals surface area contributed by atoms with Gasteiger partial charge in [0.2, 0.25) is 5.91 Å². The summed E-state index contributed by atoms with van der Waals surface area (Å²) in [5, 5.41) is 3.07. The maximum Gasteiger partial charge on any atom is 0.223 e. The molecule has 0 bridgehead atoms. The molecule has 0 N–H and O–H groups in total. The van der Waals surface area contributed by atoms with Gasteiger partial charge in [0.05, 0.1) is 5.01 Å². The minimum atomic E-state index is 0.247. The van der Waals surface area contributed by atoms with E-state index in [9.17, 15) is 4.79 Å². The number of nitrogens with zero attached hydrogens (tertiary/aromatic N) is 2. The van der Waals surface area contributed by atoms with Gasteiger partial charge in [-0.15, -0.1) is 17.9 Å². The predicted octanol–water partition coefficient (Wildman–Crippen LogP) is 1.72. The largest absolute Gasteiger partial charge is 0.342 e. The molecule has 2 heterocycles. The highest BCUT2D eigenvalue weighted by Crippen LogP contribution is 2.18. The molecule has 0 saturated carbocycles. The molecule has 15 heavy (non-hydrogen) atoms. The lowest BCUT2D eigenvalue weighted by Gasteiger charge is -2.14. The summed E-state index contributed by atoms with van der Waals surface area (Å²) in [6.45, 7) is 5.35. The Bertz CT molecular complexity index is 347. The fourth-order valence-corrected chi connectivity index (χ4v) is 2.39. The molecule has 0 spiro atoms. The first-order valence-electron chi connectivity index (χ1n) is 5.08. The SMILES string of the molecule is C=CC1CC(=O)N(CCc2nccs2)C1. The van der Waals surface area contributed by atoms with Crippen LogP contribution < -0.4 is 0 Å². The fourth-order valence-electron chi connectivity index (χ4n) is 1.78. The first kappa shape index (κ1) is 10.4. The van der Waals surface area contributed by atoms with E-state index in [0.717, 1.165) is 24.5 Å². The molecule has 3 nitrogen and oxygen atoms in total. The van der Waals surface area contributed by atoms with Crippen molar-refractivity contribution in [3.8, 4) is 0 Å². The third-order valence-electron chi connectivity index (χ3n) is 2.66. The summed E-state index contributed by atoms with van der Waals surface area (Å²) in [6.07, 6.45) is 5.17. The third kappa shape index (κ3) is 2.45. The average molecular weight is 222 g/mol. The number of aromatic nitrogens is 1. The van der Waals surface area contributed by atoms with Gasteiger partial charge in [0.1, 0.15) is 0 Å². The molecular weight excluding hydrogens is 208 g/mol. The number of likely N-dealkylation sites (tertiary alicyclic amines) is 1. The van der Waals surface area contributed by atoms with Crippen molar-refractivity contribution in [2.45, 2.75) is 12.8 Å². The number of carbonyl (C=O) groups excluding carboxylic acids is 1. The van der Waals surface area contributed by atoms with Gasteiger partial charge in [0.25, 0.3) is 0 Å². The average Bonchev–Trinajstić information content (AvgIpc) is 2.84. The fraction of sp³-hybridized carbons (Fsp3) is 0.455. The molecule has 1 aliphatic heterocycles. The van der Waals surface area contributed by atoms with Crippen LogP contribution in [0.1, 0.15) is 11.4 Å². The molecule has 1 unspecified atom stereocenters. The molecule has 1 aromatic heterocycles. The summed E-state index contributed by atoms with van der Waals surface area (Å²) in [5.74, 6) is 0.588. The second-order valence-electron chi connectivity index (χ2n) is 3.72. The van der Waals surface area contributed by atoms with Crippen molar-refractivity contribution in [2.75, 3.05) is 13.1 Å². The Morgan fingerprint density at radius 1 is 1.73 bits per heavy atom. The molecule has 1 atom stereocenters.